The van der Waals surface area contributed by atoms with Crippen molar-refractivity contribution in [3.05, 3.63) is 55.3 Å². The van der Waals surface area contributed by atoms with E-state index in [9.17, 15) is 4.57 Å². The number of hydrogen-bond acceptors (Lipinski definition) is 6. The van der Waals surface area contributed by atoms with Crippen LogP contribution >= 0.6 is 20.0 Å². The zero-order valence-corrected chi connectivity index (χ0v) is 16.2. The molecule has 0 saturated carbocycles. The van der Waals surface area contributed by atoms with E-state index in [1.165, 1.54) is 12.1 Å². The molecule has 0 spiro atoms. The van der Waals surface area contributed by atoms with E-state index in [4.69, 9.17) is 22.0 Å². The molecule has 0 amide bonds. The second-order valence-electron chi connectivity index (χ2n) is 5.52. The number of pyridine rings is 1. The number of thiocarbonyl (C=S) groups is 1. The van der Waals surface area contributed by atoms with Crippen LogP contribution in [0.15, 0.2) is 55.3 Å². The highest BCUT2D eigenvalue weighted by atomic mass is 32.1. The van der Waals surface area contributed by atoms with Gasteiger partial charge >= 0.3 is 7.82 Å². The fraction of sp³-hybridized carbons (Fsp3) is 0.0588. The maximum Gasteiger partial charge on any atom is 0.524 e. The van der Waals surface area contributed by atoms with Crippen molar-refractivity contribution >= 4 is 42.1 Å². The Kier molecular flexibility index (Phi) is 5.96. The van der Waals surface area contributed by atoms with Crippen LogP contribution in [-0.2, 0) is 4.57 Å². The molecular formula is C17H16N5O4PS. The van der Waals surface area contributed by atoms with E-state index in [2.05, 4.69) is 36.7 Å². The third-order valence-electron chi connectivity index (χ3n) is 3.43. The van der Waals surface area contributed by atoms with Gasteiger partial charge in [0.25, 0.3) is 0 Å². The largest absolute Gasteiger partial charge is 0.524 e. The van der Waals surface area contributed by atoms with Crippen LogP contribution in [0.5, 0.6) is 5.75 Å². The van der Waals surface area contributed by atoms with Gasteiger partial charge in [0.2, 0.25) is 0 Å². The first-order valence-corrected chi connectivity index (χ1v) is 9.93. The van der Waals surface area contributed by atoms with Crippen LogP contribution in [0.25, 0.3) is 22.4 Å². The van der Waals surface area contributed by atoms with E-state index in [1.54, 1.807) is 36.5 Å². The van der Waals surface area contributed by atoms with Gasteiger partial charge in [-0.15, -0.1) is 6.58 Å². The van der Waals surface area contributed by atoms with Gasteiger partial charge in [0.15, 0.2) is 10.8 Å². The molecule has 9 nitrogen and oxygen atoms in total. The van der Waals surface area contributed by atoms with Crippen LogP contribution in [0.3, 0.4) is 0 Å². The first-order valence-electron chi connectivity index (χ1n) is 7.99. The zero-order valence-electron chi connectivity index (χ0n) is 14.4. The summed E-state index contributed by atoms with van der Waals surface area (Å²) in [6, 6.07) is 9.64. The lowest BCUT2D eigenvalue weighted by Gasteiger charge is -2.09. The van der Waals surface area contributed by atoms with E-state index in [1.807, 2.05) is 0 Å². The number of phosphoric ester groups is 1. The van der Waals surface area contributed by atoms with Crippen LogP contribution in [0.1, 0.15) is 0 Å². The Morgan fingerprint density at radius 2 is 1.96 bits per heavy atom. The van der Waals surface area contributed by atoms with Crippen molar-refractivity contribution in [3.8, 4) is 17.0 Å². The van der Waals surface area contributed by atoms with Gasteiger partial charge in [-0.3, -0.25) is 14.8 Å². The standard InChI is InChI=1S/C17H16N5O4PS/c1-2-9-18-17(28)22-15-8-7-13-16(21-15)20-14(10-19-13)11-3-5-12(6-4-11)26-27(23,24)25/h2-8,10H,1,9H2,(H2,23,24,25)(H2,18,20,21,22,28). The third kappa shape index (κ3) is 5.30. The number of rotatable bonds is 6. The highest BCUT2D eigenvalue weighted by Gasteiger charge is 2.15. The van der Waals surface area contributed by atoms with E-state index < -0.39 is 7.82 Å². The molecule has 0 radical (unpaired) electrons. The lowest BCUT2D eigenvalue weighted by Crippen LogP contribution is -2.28. The van der Waals surface area contributed by atoms with Gasteiger partial charge in [-0.05, 0) is 48.6 Å². The average Bonchev–Trinajstić information content (AvgIpc) is 2.65. The summed E-state index contributed by atoms with van der Waals surface area (Å²) in [5.41, 5.74) is 2.27. The molecule has 0 atom stereocenters. The minimum atomic E-state index is -4.60. The van der Waals surface area contributed by atoms with E-state index in [0.717, 1.165) is 0 Å². The number of aromatic nitrogens is 3. The first kappa shape index (κ1) is 19.8. The quantitative estimate of drug-likeness (QED) is 0.270. The molecule has 2 heterocycles. The molecule has 0 aliphatic carbocycles. The van der Waals surface area contributed by atoms with Gasteiger partial charge in [-0.2, -0.15) is 0 Å². The second-order valence-corrected chi connectivity index (χ2v) is 7.10. The summed E-state index contributed by atoms with van der Waals surface area (Å²) in [5.74, 6) is 0.571. The van der Waals surface area contributed by atoms with Gasteiger partial charge < -0.3 is 15.2 Å². The molecule has 2 aromatic heterocycles. The molecule has 11 heteroatoms. The van der Waals surface area contributed by atoms with Gasteiger partial charge in [-0.1, -0.05) is 6.08 Å². The first-order chi connectivity index (χ1) is 13.3. The molecule has 28 heavy (non-hydrogen) atoms. The SMILES string of the molecule is C=CCNC(=S)Nc1ccc2ncc(-c3ccc(OP(=O)(O)O)cc3)nc2n1. The molecule has 3 aromatic rings. The lowest BCUT2D eigenvalue weighted by molar-refractivity contribution is 0.283. The second kappa shape index (κ2) is 8.41. The van der Waals surface area contributed by atoms with Crippen molar-refractivity contribution < 1.29 is 18.9 Å². The van der Waals surface area contributed by atoms with Crippen molar-refractivity contribution in [2.75, 3.05) is 11.9 Å². The van der Waals surface area contributed by atoms with Crippen molar-refractivity contribution in [2.45, 2.75) is 0 Å². The number of nitrogens with one attached hydrogen (secondary N) is 2. The Bertz CT molecular complexity index is 1070. The van der Waals surface area contributed by atoms with Gasteiger partial charge in [0.1, 0.15) is 17.1 Å². The molecule has 0 unspecified atom stereocenters. The molecule has 0 aliphatic heterocycles. The van der Waals surface area contributed by atoms with Crippen LogP contribution in [0.2, 0.25) is 0 Å². The van der Waals surface area contributed by atoms with Crippen molar-refractivity contribution in [2.24, 2.45) is 0 Å². The minimum absolute atomic E-state index is 0.0518. The van der Waals surface area contributed by atoms with Gasteiger partial charge in [0, 0.05) is 12.1 Å². The Hall–Kier alpha value is -2.91. The Labute approximate surface area is 165 Å². The Balaban J connectivity index is 1.83. The normalized spacial score (nSPS) is 11.1. The van der Waals surface area contributed by atoms with Gasteiger partial charge in [0.05, 0.1) is 11.9 Å². The fourth-order valence-electron chi connectivity index (χ4n) is 2.26. The molecule has 144 valence electrons. The number of anilines is 1. The van der Waals surface area contributed by atoms with Crippen LogP contribution < -0.4 is 15.2 Å². The monoisotopic (exact) mass is 417 g/mol. The highest BCUT2D eigenvalue weighted by molar-refractivity contribution is 7.80. The summed E-state index contributed by atoms with van der Waals surface area (Å²) in [6.07, 6.45) is 3.28. The predicted molar refractivity (Wildman–Crippen MR) is 110 cm³/mol. The van der Waals surface area contributed by atoms with Crippen LogP contribution in [0.4, 0.5) is 5.82 Å². The highest BCUT2D eigenvalue weighted by Crippen LogP contribution is 2.37. The summed E-state index contributed by atoms with van der Waals surface area (Å²) in [5, 5.41) is 6.32. The molecule has 1 aromatic carbocycles. The van der Waals surface area contributed by atoms with Crippen molar-refractivity contribution in [1.29, 1.82) is 0 Å². The summed E-state index contributed by atoms with van der Waals surface area (Å²) in [4.78, 5) is 30.9. The van der Waals surface area contributed by atoms with Crippen molar-refractivity contribution in [1.82, 2.24) is 20.3 Å². The number of benzene rings is 1. The lowest BCUT2D eigenvalue weighted by atomic mass is 10.1. The third-order valence-corrected chi connectivity index (χ3v) is 4.12. The summed E-state index contributed by atoms with van der Waals surface area (Å²) in [7, 11) is -4.60. The minimum Gasteiger partial charge on any atom is -0.404 e. The molecule has 0 bridgehead atoms. The smallest absolute Gasteiger partial charge is 0.404 e. The fourth-order valence-corrected chi connectivity index (χ4v) is 2.84. The molecule has 3 rings (SSSR count). The topological polar surface area (TPSA) is 129 Å². The number of nitrogens with zero attached hydrogens (tertiary/aromatic N) is 3. The predicted octanol–water partition coefficient (Wildman–Crippen LogP) is 2.64. The molecular weight excluding hydrogens is 401 g/mol. The van der Waals surface area contributed by atoms with E-state index in [-0.39, 0.29) is 5.75 Å². The molecule has 4 N–H and O–H groups in total. The molecule has 0 saturated heterocycles. The Morgan fingerprint density at radius 1 is 1.21 bits per heavy atom. The van der Waals surface area contributed by atoms with Crippen LogP contribution in [0, 0.1) is 0 Å². The van der Waals surface area contributed by atoms with E-state index >= 15 is 0 Å². The number of phosphoric acid groups is 1. The Morgan fingerprint density at radius 3 is 2.64 bits per heavy atom. The molecule has 0 fully saturated rings. The van der Waals surface area contributed by atoms with Crippen LogP contribution in [-0.4, -0.2) is 36.4 Å². The number of fused-ring (bicyclic) bond motifs is 1. The summed E-state index contributed by atoms with van der Waals surface area (Å²) < 4.78 is 15.4. The summed E-state index contributed by atoms with van der Waals surface area (Å²) >= 11 is 5.16. The number of hydrogen-bond donors (Lipinski definition) is 4. The molecule has 0 aliphatic rings. The van der Waals surface area contributed by atoms with Crippen molar-refractivity contribution in [3.63, 3.8) is 0 Å². The summed E-state index contributed by atoms with van der Waals surface area (Å²) in [6.45, 7) is 4.14. The van der Waals surface area contributed by atoms with E-state index in [0.29, 0.717) is 39.9 Å². The average molecular weight is 417 g/mol. The zero-order chi connectivity index (χ0) is 20.1. The maximum absolute atomic E-state index is 10.9. The van der Waals surface area contributed by atoms with Gasteiger partial charge in [-0.25, -0.2) is 14.5 Å². The maximum atomic E-state index is 10.9.